The van der Waals surface area contributed by atoms with Gasteiger partial charge in [-0.2, -0.15) is 0 Å². The summed E-state index contributed by atoms with van der Waals surface area (Å²) in [5.41, 5.74) is 2.71. The van der Waals surface area contributed by atoms with E-state index in [0.29, 0.717) is 0 Å². The van der Waals surface area contributed by atoms with Crippen molar-refractivity contribution in [3.63, 3.8) is 0 Å². The molecule has 1 aromatic rings. The lowest BCUT2D eigenvalue weighted by Gasteiger charge is -2.22. The second-order valence-corrected chi connectivity index (χ2v) is 6.66. The number of amides is 1. The van der Waals surface area contributed by atoms with Crippen LogP contribution in [-0.4, -0.2) is 34.5 Å². The summed E-state index contributed by atoms with van der Waals surface area (Å²) in [7, 11) is 0. The van der Waals surface area contributed by atoms with Gasteiger partial charge >= 0.3 is 5.97 Å². The second-order valence-electron chi connectivity index (χ2n) is 6.66. The average molecular weight is 285 g/mol. The molecular weight excluding hydrogens is 266 g/mol. The zero-order valence-electron chi connectivity index (χ0n) is 11.9. The largest absolute Gasteiger partial charge is 0.480 e. The fraction of sp³-hybridized carbons (Fsp3) is 0.529. The molecule has 0 aliphatic heterocycles. The van der Waals surface area contributed by atoms with E-state index in [1.807, 2.05) is 6.07 Å². The van der Waals surface area contributed by atoms with Crippen LogP contribution in [0.15, 0.2) is 24.3 Å². The van der Waals surface area contributed by atoms with Crippen molar-refractivity contribution in [2.45, 2.75) is 43.6 Å². The number of aliphatic carboxylic acids is 1. The van der Waals surface area contributed by atoms with Crippen molar-refractivity contribution in [1.82, 2.24) is 4.90 Å². The average Bonchev–Trinajstić information content (AvgIpc) is 3.35. The maximum absolute atomic E-state index is 12.8. The van der Waals surface area contributed by atoms with Gasteiger partial charge in [0.2, 0.25) is 5.91 Å². The highest BCUT2D eigenvalue weighted by Crippen LogP contribution is 2.62. The third-order valence-corrected chi connectivity index (χ3v) is 5.34. The highest BCUT2D eigenvalue weighted by Gasteiger charge is 2.62. The molecule has 4 heteroatoms. The fourth-order valence-corrected chi connectivity index (χ4v) is 4.04. The third-order valence-electron chi connectivity index (χ3n) is 5.34. The van der Waals surface area contributed by atoms with Gasteiger partial charge in [-0.05, 0) is 43.2 Å². The van der Waals surface area contributed by atoms with Gasteiger partial charge in [0.05, 0.1) is 0 Å². The van der Waals surface area contributed by atoms with Crippen molar-refractivity contribution in [1.29, 1.82) is 0 Å². The van der Waals surface area contributed by atoms with Gasteiger partial charge in [0.1, 0.15) is 6.54 Å². The quantitative estimate of drug-likeness (QED) is 0.920. The first-order chi connectivity index (χ1) is 10.1. The van der Waals surface area contributed by atoms with Crippen LogP contribution in [0.3, 0.4) is 0 Å². The predicted molar refractivity (Wildman–Crippen MR) is 76.9 cm³/mol. The summed E-state index contributed by atoms with van der Waals surface area (Å²) in [6, 6.07) is 8.57. The summed E-state index contributed by atoms with van der Waals surface area (Å²) in [5, 5.41) is 9.03. The zero-order valence-corrected chi connectivity index (χ0v) is 11.9. The Hall–Kier alpha value is -1.84. The Morgan fingerprint density at radius 1 is 1.29 bits per heavy atom. The molecule has 2 fully saturated rings. The smallest absolute Gasteiger partial charge is 0.323 e. The van der Waals surface area contributed by atoms with E-state index < -0.39 is 5.97 Å². The van der Waals surface area contributed by atoms with Crippen LogP contribution < -0.4 is 0 Å². The number of carboxylic acid groups (broad SMARTS) is 1. The molecule has 4 rings (SSSR count). The van der Waals surface area contributed by atoms with Crippen LogP contribution in [-0.2, 0) is 21.4 Å². The van der Waals surface area contributed by atoms with Crippen LogP contribution in [0.2, 0.25) is 0 Å². The Morgan fingerprint density at radius 3 is 2.76 bits per heavy atom. The Kier molecular flexibility index (Phi) is 2.65. The standard InChI is InChI=1S/C17H19NO3/c19-15(20)10-18(12-5-6-12)16(21)14-9-17(14)8-7-11-3-1-2-4-13(11)17/h1-4,12,14H,5-10H2,(H,19,20). The molecule has 3 aliphatic carbocycles. The molecule has 1 spiro atoms. The third kappa shape index (κ3) is 1.96. The normalized spacial score (nSPS) is 29.2. The summed E-state index contributed by atoms with van der Waals surface area (Å²) >= 11 is 0. The Morgan fingerprint density at radius 2 is 2.05 bits per heavy atom. The molecule has 1 aromatic carbocycles. The van der Waals surface area contributed by atoms with Gasteiger partial charge in [0, 0.05) is 17.4 Å². The molecule has 2 saturated carbocycles. The lowest BCUT2D eigenvalue weighted by Crippen LogP contribution is -2.39. The number of fused-ring (bicyclic) bond motifs is 2. The van der Waals surface area contributed by atoms with E-state index in [4.69, 9.17) is 5.11 Å². The first-order valence-electron chi connectivity index (χ1n) is 7.72. The molecule has 1 N–H and O–H groups in total. The molecule has 3 aliphatic rings. The van der Waals surface area contributed by atoms with Crippen molar-refractivity contribution in [3.8, 4) is 0 Å². The number of carbonyl (C=O) groups is 2. The molecule has 4 nitrogen and oxygen atoms in total. The van der Waals surface area contributed by atoms with Crippen molar-refractivity contribution >= 4 is 11.9 Å². The molecule has 110 valence electrons. The van der Waals surface area contributed by atoms with E-state index >= 15 is 0 Å². The molecule has 0 heterocycles. The minimum absolute atomic E-state index is 0.00102. The number of hydrogen-bond acceptors (Lipinski definition) is 2. The fourth-order valence-electron chi connectivity index (χ4n) is 4.04. The molecule has 0 aromatic heterocycles. The number of benzene rings is 1. The van der Waals surface area contributed by atoms with Gasteiger partial charge in [-0.25, -0.2) is 0 Å². The van der Waals surface area contributed by atoms with Crippen LogP contribution >= 0.6 is 0 Å². The Balaban J connectivity index is 1.56. The monoisotopic (exact) mass is 285 g/mol. The van der Waals surface area contributed by atoms with Crippen LogP contribution in [0, 0.1) is 5.92 Å². The number of carboxylic acids is 1. The van der Waals surface area contributed by atoms with E-state index in [1.165, 1.54) is 11.1 Å². The summed E-state index contributed by atoms with van der Waals surface area (Å²) in [6.45, 7) is -0.141. The van der Waals surface area contributed by atoms with Crippen LogP contribution in [0.5, 0.6) is 0 Å². The van der Waals surface area contributed by atoms with E-state index in [0.717, 1.165) is 32.1 Å². The van der Waals surface area contributed by atoms with Gasteiger partial charge in [0.25, 0.3) is 0 Å². The number of carbonyl (C=O) groups excluding carboxylic acids is 1. The molecule has 0 saturated heterocycles. The lowest BCUT2D eigenvalue weighted by molar-refractivity contribution is -0.145. The summed E-state index contributed by atoms with van der Waals surface area (Å²) in [6.07, 6.45) is 4.88. The van der Waals surface area contributed by atoms with E-state index in [2.05, 4.69) is 18.2 Å². The number of aryl methyl sites for hydroxylation is 1. The van der Waals surface area contributed by atoms with E-state index in [-0.39, 0.29) is 29.8 Å². The second kappa shape index (κ2) is 4.33. The summed E-state index contributed by atoms with van der Waals surface area (Å²) in [4.78, 5) is 25.4. The van der Waals surface area contributed by atoms with Crippen molar-refractivity contribution in [2.24, 2.45) is 5.92 Å². The van der Waals surface area contributed by atoms with E-state index in [9.17, 15) is 9.59 Å². The molecule has 2 unspecified atom stereocenters. The number of rotatable bonds is 4. The minimum atomic E-state index is -0.906. The van der Waals surface area contributed by atoms with Crippen molar-refractivity contribution < 1.29 is 14.7 Å². The lowest BCUT2D eigenvalue weighted by atomic mass is 9.95. The van der Waals surface area contributed by atoms with Gasteiger partial charge in [0.15, 0.2) is 0 Å². The maximum atomic E-state index is 12.8. The van der Waals surface area contributed by atoms with Crippen LogP contribution in [0.4, 0.5) is 0 Å². The summed E-state index contributed by atoms with van der Waals surface area (Å²) in [5.74, 6) is -0.838. The Labute approximate surface area is 123 Å². The molecule has 21 heavy (non-hydrogen) atoms. The van der Waals surface area contributed by atoms with Crippen LogP contribution in [0.25, 0.3) is 0 Å². The van der Waals surface area contributed by atoms with E-state index in [1.54, 1.807) is 4.90 Å². The molecule has 1 amide bonds. The molecule has 0 bridgehead atoms. The minimum Gasteiger partial charge on any atom is -0.480 e. The van der Waals surface area contributed by atoms with Crippen LogP contribution in [0.1, 0.15) is 36.8 Å². The van der Waals surface area contributed by atoms with Gasteiger partial charge in [-0.3, -0.25) is 9.59 Å². The highest BCUT2D eigenvalue weighted by molar-refractivity contribution is 5.88. The number of hydrogen-bond donors (Lipinski definition) is 1. The topological polar surface area (TPSA) is 57.6 Å². The first kappa shape index (κ1) is 12.9. The van der Waals surface area contributed by atoms with Gasteiger partial charge in [-0.15, -0.1) is 0 Å². The highest BCUT2D eigenvalue weighted by atomic mass is 16.4. The molecule has 2 atom stereocenters. The van der Waals surface area contributed by atoms with Crippen molar-refractivity contribution in [2.75, 3.05) is 6.54 Å². The zero-order chi connectivity index (χ0) is 14.6. The van der Waals surface area contributed by atoms with Gasteiger partial charge in [-0.1, -0.05) is 24.3 Å². The SMILES string of the molecule is O=C(O)CN(C(=O)C1CC12CCc1ccccc12)C1CC1. The first-order valence-corrected chi connectivity index (χ1v) is 7.72. The molecule has 0 radical (unpaired) electrons. The Bertz CT molecular complexity index is 622. The maximum Gasteiger partial charge on any atom is 0.323 e. The molecular formula is C17H19NO3. The van der Waals surface area contributed by atoms with Crippen molar-refractivity contribution in [3.05, 3.63) is 35.4 Å². The predicted octanol–water partition coefficient (Wildman–Crippen LogP) is 1.97. The number of nitrogens with zero attached hydrogens (tertiary/aromatic N) is 1. The van der Waals surface area contributed by atoms with Gasteiger partial charge < -0.3 is 10.0 Å². The summed E-state index contributed by atoms with van der Waals surface area (Å²) < 4.78 is 0.